The molecule has 0 saturated carbocycles. The number of hydrogen-bond acceptors (Lipinski definition) is 2. The molecule has 1 aromatic rings. The zero-order valence-corrected chi connectivity index (χ0v) is 12.1. The van der Waals surface area contributed by atoms with E-state index in [-0.39, 0.29) is 18.0 Å². The van der Waals surface area contributed by atoms with E-state index in [1.54, 1.807) is 0 Å². The number of fused-ring (bicyclic) bond motifs is 1. The van der Waals surface area contributed by atoms with E-state index >= 15 is 0 Å². The van der Waals surface area contributed by atoms with Gasteiger partial charge < -0.3 is 10.6 Å². The van der Waals surface area contributed by atoms with Crippen molar-refractivity contribution >= 4 is 11.6 Å². The van der Waals surface area contributed by atoms with E-state index in [1.165, 1.54) is 5.56 Å². The monoisotopic (exact) mass is 260 g/mol. The van der Waals surface area contributed by atoms with Gasteiger partial charge in [-0.1, -0.05) is 39.0 Å². The number of rotatable bonds is 4. The highest BCUT2D eigenvalue weighted by atomic mass is 16.2. The maximum atomic E-state index is 12.3. The molecule has 2 unspecified atom stereocenters. The SMILES string of the molecule is CCC(NC(=O)C1CCc2ccccc2N1)C(C)C. The Labute approximate surface area is 115 Å². The highest BCUT2D eigenvalue weighted by Crippen LogP contribution is 2.24. The van der Waals surface area contributed by atoms with Crippen molar-refractivity contribution in [1.82, 2.24) is 5.32 Å². The Hall–Kier alpha value is -1.51. The molecule has 0 aromatic heterocycles. The molecule has 0 saturated heterocycles. The molecule has 104 valence electrons. The Kier molecular flexibility index (Phi) is 4.46. The van der Waals surface area contributed by atoms with Crippen LogP contribution in [0, 0.1) is 5.92 Å². The third-order valence-corrected chi connectivity index (χ3v) is 3.94. The number of para-hydroxylation sites is 1. The van der Waals surface area contributed by atoms with E-state index in [0.717, 1.165) is 24.9 Å². The first kappa shape index (κ1) is 13.9. The van der Waals surface area contributed by atoms with Gasteiger partial charge in [-0.3, -0.25) is 4.79 Å². The quantitative estimate of drug-likeness (QED) is 0.874. The molecule has 1 amide bonds. The highest BCUT2D eigenvalue weighted by Gasteiger charge is 2.25. The lowest BCUT2D eigenvalue weighted by Gasteiger charge is -2.29. The molecule has 1 aliphatic heterocycles. The molecule has 3 heteroatoms. The first-order valence-corrected chi connectivity index (χ1v) is 7.26. The number of anilines is 1. The van der Waals surface area contributed by atoms with Crippen LogP contribution in [0.3, 0.4) is 0 Å². The lowest BCUT2D eigenvalue weighted by molar-refractivity contribution is -0.123. The molecule has 2 rings (SSSR count). The molecular formula is C16H24N2O. The summed E-state index contributed by atoms with van der Waals surface area (Å²) < 4.78 is 0. The normalized spacial score (nSPS) is 19.5. The zero-order valence-electron chi connectivity index (χ0n) is 12.1. The summed E-state index contributed by atoms with van der Waals surface area (Å²) in [4.78, 5) is 12.3. The van der Waals surface area contributed by atoms with Crippen molar-refractivity contribution in [3.05, 3.63) is 29.8 Å². The second-order valence-corrected chi connectivity index (χ2v) is 5.66. The predicted octanol–water partition coefficient (Wildman–Crippen LogP) is 2.96. The third kappa shape index (κ3) is 3.28. The average Bonchev–Trinajstić information content (AvgIpc) is 2.43. The van der Waals surface area contributed by atoms with E-state index in [9.17, 15) is 4.79 Å². The van der Waals surface area contributed by atoms with Crippen molar-refractivity contribution < 1.29 is 4.79 Å². The van der Waals surface area contributed by atoms with Gasteiger partial charge in [-0.2, -0.15) is 0 Å². The minimum Gasteiger partial charge on any atom is -0.373 e. The van der Waals surface area contributed by atoms with Crippen LogP contribution >= 0.6 is 0 Å². The molecule has 0 spiro atoms. The summed E-state index contributed by atoms with van der Waals surface area (Å²) >= 11 is 0. The summed E-state index contributed by atoms with van der Waals surface area (Å²) in [7, 11) is 0. The smallest absolute Gasteiger partial charge is 0.242 e. The maximum Gasteiger partial charge on any atom is 0.242 e. The highest BCUT2D eigenvalue weighted by molar-refractivity contribution is 5.85. The van der Waals surface area contributed by atoms with Gasteiger partial charge in [0, 0.05) is 11.7 Å². The Morgan fingerprint density at radius 3 is 2.84 bits per heavy atom. The van der Waals surface area contributed by atoms with Gasteiger partial charge in [0.05, 0.1) is 0 Å². The average molecular weight is 260 g/mol. The van der Waals surface area contributed by atoms with Crippen LogP contribution in [0.4, 0.5) is 5.69 Å². The minimum atomic E-state index is -0.0947. The Morgan fingerprint density at radius 1 is 1.42 bits per heavy atom. The molecule has 0 aliphatic carbocycles. The van der Waals surface area contributed by atoms with Crippen molar-refractivity contribution in [3.63, 3.8) is 0 Å². The second-order valence-electron chi connectivity index (χ2n) is 5.66. The lowest BCUT2D eigenvalue weighted by atomic mass is 9.96. The Balaban J connectivity index is 1.99. The van der Waals surface area contributed by atoms with E-state index in [2.05, 4.69) is 43.5 Å². The maximum absolute atomic E-state index is 12.3. The van der Waals surface area contributed by atoms with Gasteiger partial charge in [0.2, 0.25) is 5.91 Å². The molecule has 0 fully saturated rings. The standard InChI is InChI=1S/C16H24N2O/c1-4-13(11(2)3)18-16(19)15-10-9-12-7-5-6-8-14(12)17-15/h5-8,11,13,15,17H,4,9-10H2,1-3H3,(H,18,19). The summed E-state index contributed by atoms with van der Waals surface area (Å²) in [6, 6.07) is 8.41. The van der Waals surface area contributed by atoms with Crippen LogP contribution in [0.25, 0.3) is 0 Å². The molecule has 1 aromatic carbocycles. The van der Waals surface area contributed by atoms with Crippen LogP contribution in [0.1, 0.15) is 39.2 Å². The first-order valence-electron chi connectivity index (χ1n) is 7.26. The Morgan fingerprint density at radius 2 is 2.16 bits per heavy atom. The number of aryl methyl sites for hydroxylation is 1. The number of benzene rings is 1. The number of hydrogen-bond donors (Lipinski definition) is 2. The fourth-order valence-corrected chi connectivity index (χ4v) is 2.66. The molecule has 1 aliphatic rings. The molecular weight excluding hydrogens is 236 g/mol. The van der Waals surface area contributed by atoms with Gasteiger partial charge in [-0.25, -0.2) is 0 Å². The summed E-state index contributed by atoms with van der Waals surface area (Å²) in [5.41, 5.74) is 2.41. The summed E-state index contributed by atoms with van der Waals surface area (Å²) in [6.07, 6.45) is 2.82. The Bertz CT molecular complexity index is 442. The van der Waals surface area contributed by atoms with Crippen molar-refractivity contribution in [1.29, 1.82) is 0 Å². The number of nitrogens with one attached hydrogen (secondary N) is 2. The van der Waals surface area contributed by atoms with E-state index in [4.69, 9.17) is 0 Å². The van der Waals surface area contributed by atoms with Crippen LogP contribution in [0.5, 0.6) is 0 Å². The molecule has 1 heterocycles. The van der Waals surface area contributed by atoms with E-state index in [0.29, 0.717) is 5.92 Å². The lowest BCUT2D eigenvalue weighted by Crippen LogP contribution is -2.47. The van der Waals surface area contributed by atoms with Gasteiger partial charge in [0.1, 0.15) is 6.04 Å². The predicted molar refractivity (Wildman–Crippen MR) is 79.2 cm³/mol. The summed E-state index contributed by atoms with van der Waals surface area (Å²) in [5, 5.41) is 6.52. The topological polar surface area (TPSA) is 41.1 Å². The van der Waals surface area contributed by atoms with Crippen molar-refractivity contribution in [2.45, 2.75) is 52.1 Å². The molecule has 0 bridgehead atoms. The number of carbonyl (C=O) groups excluding carboxylic acids is 1. The molecule has 2 N–H and O–H groups in total. The number of amides is 1. The van der Waals surface area contributed by atoms with Gasteiger partial charge in [0.25, 0.3) is 0 Å². The number of carbonyl (C=O) groups is 1. The van der Waals surface area contributed by atoms with Crippen LogP contribution in [-0.4, -0.2) is 18.0 Å². The van der Waals surface area contributed by atoms with Crippen molar-refractivity contribution in [2.24, 2.45) is 5.92 Å². The summed E-state index contributed by atoms with van der Waals surface area (Å²) in [5.74, 6) is 0.611. The fraction of sp³-hybridized carbons (Fsp3) is 0.562. The van der Waals surface area contributed by atoms with Crippen LogP contribution < -0.4 is 10.6 Å². The largest absolute Gasteiger partial charge is 0.373 e. The third-order valence-electron chi connectivity index (χ3n) is 3.94. The van der Waals surface area contributed by atoms with Crippen molar-refractivity contribution in [3.8, 4) is 0 Å². The molecule has 0 radical (unpaired) electrons. The van der Waals surface area contributed by atoms with Crippen LogP contribution in [-0.2, 0) is 11.2 Å². The fourth-order valence-electron chi connectivity index (χ4n) is 2.66. The van der Waals surface area contributed by atoms with E-state index in [1.807, 2.05) is 12.1 Å². The molecule has 3 nitrogen and oxygen atoms in total. The van der Waals surface area contributed by atoms with E-state index < -0.39 is 0 Å². The van der Waals surface area contributed by atoms with Gasteiger partial charge in [-0.05, 0) is 36.8 Å². The van der Waals surface area contributed by atoms with Gasteiger partial charge in [-0.15, -0.1) is 0 Å². The first-order chi connectivity index (χ1) is 9.11. The van der Waals surface area contributed by atoms with Crippen molar-refractivity contribution in [2.75, 3.05) is 5.32 Å². The molecule has 19 heavy (non-hydrogen) atoms. The minimum absolute atomic E-state index is 0.0947. The zero-order chi connectivity index (χ0) is 13.8. The van der Waals surface area contributed by atoms with Crippen LogP contribution in [0.15, 0.2) is 24.3 Å². The molecule has 2 atom stereocenters. The summed E-state index contributed by atoms with van der Waals surface area (Å²) in [6.45, 7) is 6.42. The van der Waals surface area contributed by atoms with Gasteiger partial charge in [0.15, 0.2) is 0 Å². The van der Waals surface area contributed by atoms with Crippen LogP contribution in [0.2, 0.25) is 0 Å². The second kappa shape index (κ2) is 6.09. The van der Waals surface area contributed by atoms with Gasteiger partial charge >= 0.3 is 0 Å².